The number of rotatable bonds is 3. The van der Waals surface area contributed by atoms with Crippen molar-refractivity contribution in [2.24, 2.45) is 0 Å². The zero-order valence-electron chi connectivity index (χ0n) is 11.3. The Kier molecular flexibility index (Phi) is 4.78. The monoisotopic (exact) mass is 383 g/mol. The van der Waals surface area contributed by atoms with Crippen molar-refractivity contribution in [2.75, 3.05) is 13.2 Å². The standard InChI is InChI=1S/C15H14BrNO2S2/c16-12-6-2-1-4-10(12)8-13-14(18)17(15(20)21-13)9-11-5-3-7-19-11/h1-2,4,6,8,11H,3,5,7,9H2/b13-8-/t11-/m0/s1. The normalized spacial score (nSPS) is 24.3. The molecule has 1 aromatic carbocycles. The zero-order chi connectivity index (χ0) is 14.8. The number of hydrogen-bond acceptors (Lipinski definition) is 4. The summed E-state index contributed by atoms with van der Waals surface area (Å²) in [5.74, 6) is -0.0174. The van der Waals surface area contributed by atoms with Crippen LogP contribution in [0.3, 0.4) is 0 Å². The summed E-state index contributed by atoms with van der Waals surface area (Å²) in [6, 6.07) is 7.82. The van der Waals surface area contributed by atoms with Crippen LogP contribution >= 0.6 is 39.9 Å². The lowest BCUT2D eigenvalue weighted by Crippen LogP contribution is -2.35. The minimum absolute atomic E-state index is 0.0174. The summed E-state index contributed by atoms with van der Waals surface area (Å²) in [5, 5.41) is 0. The van der Waals surface area contributed by atoms with Gasteiger partial charge in [-0.2, -0.15) is 0 Å². The number of nitrogens with zero attached hydrogens (tertiary/aromatic N) is 1. The summed E-state index contributed by atoms with van der Waals surface area (Å²) in [4.78, 5) is 14.8. The van der Waals surface area contributed by atoms with Gasteiger partial charge in [0.05, 0.1) is 17.6 Å². The first kappa shape index (κ1) is 15.2. The molecule has 0 spiro atoms. The fourth-order valence-electron chi connectivity index (χ4n) is 2.38. The number of thiocarbonyl (C=S) groups is 1. The number of ether oxygens (including phenoxy) is 1. The van der Waals surface area contributed by atoms with Crippen molar-refractivity contribution in [2.45, 2.75) is 18.9 Å². The van der Waals surface area contributed by atoms with Crippen LogP contribution in [0.1, 0.15) is 18.4 Å². The molecule has 1 amide bonds. The van der Waals surface area contributed by atoms with Crippen molar-refractivity contribution >= 4 is 56.2 Å². The highest BCUT2D eigenvalue weighted by molar-refractivity contribution is 9.10. The van der Waals surface area contributed by atoms with E-state index in [0.29, 0.717) is 15.8 Å². The Morgan fingerprint density at radius 2 is 2.29 bits per heavy atom. The molecule has 6 heteroatoms. The molecule has 0 N–H and O–H groups in total. The SMILES string of the molecule is O=C1/C(=C/c2ccccc2Br)SC(=S)N1C[C@@H]1CCCO1. The Morgan fingerprint density at radius 3 is 3.00 bits per heavy atom. The second kappa shape index (κ2) is 6.60. The molecule has 2 saturated heterocycles. The summed E-state index contributed by atoms with van der Waals surface area (Å²) in [6.07, 6.45) is 4.07. The number of carbonyl (C=O) groups excluding carboxylic acids is 1. The first-order valence-electron chi connectivity index (χ1n) is 6.76. The molecular formula is C15H14BrNO2S2. The van der Waals surface area contributed by atoms with Crippen molar-refractivity contribution < 1.29 is 9.53 Å². The smallest absolute Gasteiger partial charge is 0.266 e. The third-order valence-electron chi connectivity index (χ3n) is 3.48. The molecule has 3 rings (SSSR count). The van der Waals surface area contributed by atoms with Crippen molar-refractivity contribution in [3.8, 4) is 0 Å². The molecule has 2 aliphatic heterocycles. The van der Waals surface area contributed by atoms with Crippen LogP contribution in [0.5, 0.6) is 0 Å². The first-order chi connectivity index (χ1) is 10.1. The van der Waals surface area contributed by atoms with Crippen LogP contribution in [0.2, 0.25) is 0 Å². The van der Waals surface area contributed by atoms with Gasteiger partial charge in [0, 0.05) is 11.1 Å². The number of benzene rings is 1. The van der Waals surface area contributed by atoms with Gasteiger partial charge in [-0.25, -0.2) is 0 Å². The predicted molar refractivity (Wildman–Crippen MR) is 93.0 cm³/mol. The van der Waals surface area contributed by atoms with E-state index in [1.54, 1.807) is 4.90 Å². The molecule has 1 aromatic rings. The molecule has 0 aliphatic carbocycles. The van der Waals surface area contributed by atoms with E-state index in [1.165, 1.54) is 11.8 Å². The quantitative estimate of drug-likeness (QED) is 0.585. The number of amides is 1. The Labute approximate surface area is 141 Å². The molecule has 0 radical (unpaired) electrons. The van der Waals surface area contributed by atoms with Crippen LogP contribution in [-0.4, -0.2) is 34.4 Å². The molecule has 3 nitrogen and oxygen atoms in total. The second-order valence-corrected chi connectivity index (χ2v) is 7.48. The van der Waals surface area contributed by atoms with Gasteiger partial charge in [0.1, 0.15) is 4.32 Å². The van der Waals surface area contributed by atoms with E-state index in [-0.39, 0.29) is 12.0 Å². The molecule has 1 atom stereocenters. The van der Waals surface area contributed by atoms with Gasteiger partial charge in [-0.3, -0.25) is 9.69 Å². The highest BCUT2D eigenvalue weighted by Crippen LogP contribution is 2.34. The molecule has 2 aliphatic rings. The Hall–Kier alpha value is -0.690. The number of hydrogen-bond donors (Lipinski definition) is 0. The fraction of sp³-hybridized carbons (Fsp3) is 0.333. The van der Waals surface area contributed by atoms with Gasteiger partial charge in [-0.1, -0.05) is 58.1 Å². The Morgan fingerprint density at radius 1 is 1.48 bits per heavy atom. The molecule has 0 bridgehead atoms. The van der Waals surface area contributed by atoms with E-state index >= 15 is 0 Å². The van der Waals surface area contributed by atoms with Crippen LogP contribution in [0.15, 0.2) is 33.6 Å². The Bertz CT molecular complexity index is 611. The van der Waals surface area contributed by atoms with Gasteiger partial charge in [-0.15, -0.1) is 0 Å². The van der Waals surface area contributed by atoms with Crippen molar-refractivity contribution in [1.82, 2.24) is 4.90 Å². The van der Waals surface area contributed by atoms with Crippen LogP contribution in [0.4, 0.5) is 0 Å². The fourth-order valence-corrected chi connectivity index (χ4v) is 4.05. The number of thioether (sulfide) groups is 1. The molecule has 21 heavy (non-hydrogen) atoms. The van der Waals surface area contributed by atoms with Gasteiger partial charge in [0.15, 0.2) is 0 Å². The third kappa shape index (κ3) is 3.39. The van der Waals surface area contributed by atoms with Crippen LogP contribution < -0.4 is 0 Å². The van der Waals surface area contributed by atoms with E-state index in [1.807, 2.05) is 30.3 Å². The van der Waals surface area contributed by atoms with E-state index < -0.39 is 0 Å². The molecule has 0 aromatic heterocycles. The number of carbonyl (C=O) groups is 1. The lowest BCUT2D eigenvalue weighted by Gasteiger charge is -2.18. The van der Waals surface area contributed by atoms with E-state index in [0.717, 1.165) is 29.5 Å². The molecule has 2 fully saturated rings. The summed E-state index contributed by atoms with van der Waals surface area (Å²) < 4.78 is 7.18. The van der Waals surface area contributed by atoms with Gasteiger partial charge < -0.3 is 4.74 Å². The topological polar surface area (TPSA) is 29.5 Å². The average Bonchev–Trinajstić information content (AvgIpc) is 3.06. The predicted octanol–water partition coefficient (Wildman–Crippen LogP) is 3.83. The van der Waals surface area contributed by atoms with Crippen molar-refractivity contribution in [1.29, 1.82) is 0 Å². The van der Waals surface area contributed by atoms with Gasteiger partial charge in [-0.05, 0) is 30.5 Å². The molecule has 0 saturated carbocycles. The third-order valence-corrected chi connectivity index (χ3v) is 5.58. The van der Waals surface area contributed by atoms with Crippen molar-refractivity contribution in [3.63, 3.8) is 0 Å². The van der Waals surface area contributed by atoms with Crippen LogP contribution in [0.25, 0.3) is 6.08 Å². The van der Waals surface area contributed by atoms with Crippen LogP contribution in [-0.2, 0) is 9.53 Å². The van der Waals surface area contributed by atoms with Gasteiger partial charge in [0.2, 0.25) is 0 Å². The Balaban J connectivity index is 1.78. The summed E-state index contributed by atoms with van der Waals surface area (Å²) in [5.41, 5.74) is 0.982. The second-order valence-electron chi connectivity index (χ2n) is 4.95. The van der Waals surface area contributed by atoms with Crippen LogP contribution in [0, 0.1) is 0 Å². The maximum Gasteiger partial charge on any atom is 0.266 e. The highest BCUT2D eigenvalue weighted by atomic mass is 79.9. The summed E-state index contributed by atoms with van der Waals surface area (Å²) in [7, 11) is 0. The first-order valence-corrected chi connectivity index (χ1v) is 8.78. The summed E-state index contributed by atoms with van der Waals surface area (Å²) >= 11 is 10.2. The minimum Gasteiger partial charge on any atom is -0.376 e. The van der Waals surface area contributed by atoms with Gasteiger partial charge in [0.25, 0.3) is 5.91 Å². The minimum atomic E-state index is -0.0174. The zero-order valence-corrected chi connectivity index (χ0v) is 14.5. The lowest BCUT2D eigenvalue weighted by atomic mass is 10.2. The van der Waals surface area contributed by atoms with Crippen molar-refractivity contribution in [3.05, 3.63) is 39.2 Å². The number of halogens is 1. The molecular weight excluding hydrogens is 370 g/mol. The average molecular weight is 384 g/mol. The molecule has 2 heterocycles. The summed E-state index contributed by atoms with van der Waals surface area (Å²) in [6.45, 7) is 1.35. The largest absolute Gasteiger partial charge is 0.376 e. The van der Waals surface area contributed by atoms with E-state index in [2.05, 4.69) is 15.9 Å². The van der Waals surface area contributed by atoms with E-state index in [9.17, 15) is 4.79 Å². The maximum absolute atomic E-state index is 12.5. The highest BCUT2D eigenvalue weighted by Gasteiger charge is 2.34. The lowest BCUT2D eigenvalue weighted by molar-refractivity contribution is -0.123. The molecule has 0 unspecified atom stereocenters. The molecule has 110 valence electrons. The van der Waals surface area contributed by atoms with E-state index in [4.69, 9.17) is 17.0 Å². The van der Waals surface area contributed by atoms with Gasteiger partial charge >= 0.3 is 0 Å². The maximum atomic E-state index is 12.5.